The van der Waals surface area contributed by atoms with Crippen molar-refractivity contribution in [1.82, 2.24) is 4.90 Å². The van der Waals surface area contributed by atoms with Gasteiger partial charge in [0.15, 0.2) is 0 Å². The largest absolute Gasteiger partial charge is 0.481 e. The van der Waals surface area contributed by atoms with Crippen LogP contribution >= 0.6 is 0 Å². The van der Waals surface area contributed by atoms with Gasteiger partial charge in [-0.2, -0.15) is 0 Å². The minimum Gasteiger partial charge on any atom is -0.481 e. The van der Waals surface area contributed by atoms with Crippen molar-refractivity contribution in [2.24, 2.45) is 0 Å². The van der Waals surface area contributed by atoms with E-state index in [-0.39, 0.29) is 18.5 Å². The van der Waals surface area contributed by atoms with Crippen LogP contribution in [-0.4, -0.2) is 16.0 Å². The highest BCUT2D eigenvalue weighted by Crippen LogP contribution is 2.34. The van der Waals surface area contributed by atoms with Crippen molar-refractivity contribution in [1.29, 1.82) is 0 Å². The first-order chi connectivity index (χ1) is 13.5. The lowest BCUT2D eigenvalue weighted by Gasteiger charge is -2.36. The second-order valence-electron chi connectivity index (χ2n) is 7.27. The first-order valence-corrected chi connectivity index (χ1v) is 9.67. The monoisotopic (exact) mass is 373 g/mol. The lowest BCUT2D eigenvalue weighted by molar-refractivity contribution is -0.138. The Morgan fingerprint density at radius 1 is 0.857 bits per heavy atom. The Morgan fingerprint density at radius 2 is 1.43 bits per heavy atom. The number of carboxylic acid groups (broad SMARTS) is 1. The highest BCUT2D eigenvalue weighted by Gasteiger charge is 2.28. The number of benzene rings is 3. The first kappa shape index (κ1) is 19.8. The van der Waals surface area contributed by atoms with Gasteiger partial charge in [-0.3, -0.25) is 9.69 Å². The molecule has 0 fully saturated rings. The van der Waals surface area contributed by atoms with Gasteiger partial charge in [-0.05, 0) is 30.5 Å². The molecule has 3 rings (SSSR count). The standard InChI is InChI=1S/C25H27NO2/c1-19-13-15-23(16-14-19)24(17-25(27)28)26(18-21-9-5-3-6-10-21)20(2)22-11-7-4-8-12-22/h3-16,20,24H,17-18H2,1-2H3,(H,27,28)/t20-,24+/m1/s1. The summed E-state index contributed by atoms with van der Waals surface area (Å²) in [5, 5.41) is 9.64. The van der Waals surface area contributed by atoms with E-state index in [9.17, 15) is 9.90 Å². The second kappa shape index (κ2) is 9.34. The zero-order valence-corrected chi connectivity index (χ0v) is 16.5. The molecule has 0 saturated carbocycles. The fraction of sp³-hybridized carbons (Fsp3) is 0.240. The third-order valence-electron chi connectivity index (χ3n) is 5.22. The van der Waals surface area contributed by atoms with Crippen molar-refractivity contribution >= 4 is 5.97 Å². The molecule has 1 N–H and O–H groups in total. The van der Waals surface area contributed by atoms with E-state index in [0.29, 0.717) is 6.54 Å². The molecule has 3 aromatic carbocycles. The van der Waals surface area contributed by atoms with Crippen molar-refractivity contribution < 1.29 is 9.90 Å². The predicted molar refractivity (Wildman–Crippen MR) is 113 cm³/mol. The summed E-state index contributed by atoms with van der Waals surface area (Å²) in [5.74, 6) is -0.788. The highest BCUT2D eigenvalue weighted by atomic mass is 16.4. The van der Waals surface area contributed by atoms with Gasteiger partial charge in [-0.15, -0.1) is 0 Å². The van der Waals surface area contributed by atoms with Crippen LogP contribution in [0.3, 0.4) is 0 Å². The molecular weight excluding hydrogens is 346 g/mol. The molecule has 0 saturated heterocycles. The summed E-state index contributed by atoms with van der Waals surface area (Å²) in [6.45, 7) is 4.88. The van der Waals surface area contributed by atoms with E-state index in [1.807, 2.05) is 43.3 Å². The minimum atomic E-state index is -0.788. The molecule has 28 heavy (non-hydrogen) atoms. The molecular formula is C25H27NO2. The lowest BCUT2D eigenvalue weighted by Crippen LogP contribution is -2.32. The fourth-order valence-corrected chi connectivity index (χ4v) is 3.61. The molecule has 0 aliphatic carbocycles. The third-order valence-corrected chi connectivity index (χ3v) is 5.22. The zero-order chi connectivity index (χ0) is 19.9. The van der Waals surface area contributed by atoms with E-state index in [1.165, 1.54) is 16.7 Å². The van der Waals surface area contributed by atoms with Crippen molar-refractivity contribution in [2.75, 3.05) is 0 Å². The Labute approximate surface area is 167 Å². The molecule has 0 aliphatic heterocycles. The summed E-state index contributed by atoms with van der Waals surface area (Å²) >= 11 is 0. The summed E-state index contributed by atoms with van der Waals surface area (Å²) in [5.41, 5.74) is 4.56. The number of nitrogens with zero attached hydrogens (tertiary/aromatic N) is 1. The quantitative estimate of drug-likeness (QED) is 0.544. The predicted octanol–water partition coefficient (Wildman–Crippen LogP) is 5.77. The summed E-state index contributed by atoms with van der Waals surface area (Å²) in [7, 11) is 0. The minimum absolute atomic E-state index is 0.0626. The average molecular weight is 373 g/mol. The molecule has 0 aliphatic rings. The van der Waals surface area contributed by atoms with Crippen LogP contribution in [0.1, 0.15) is 47.7 Å². The van der Waals surface area contributed by atoms with Gasteiger partial charge in [0.1, 0.15) is 0 Å². The van der Waals surface area contributed by atoms with Crippen LogP contribution in [0.5, 0.6) is 0 Å². The van der Waals surface area contributed by atoms with Gasteiger partial charge in [0.05, 0.1) is 6.42 Å². The Kier molecular flexibility index (Phi) is 6.62. The Balaban J connectivity index is 2.02. The number of rotatable bonds is 8. The van der Waals surface area contributed by atoms with E-state index in [1.54, 1.807) is 0 Å². The van der Waals surface area contributed by atoms with Crippen molar-refractivity contribution in [3.63, 3.8) is 0 Å². The SMILES string of the molecule is Cc1ccc([C@H](CC(=O)O)N(Cc2ccccc2)[C@H](C)c2ccccc2)cc1. The number of aryl methyl sites for hydroxylation is 1. The summed E-state index contributed by atoms with van der Waals surface area (Å²) in [6, 6.07) is 28.6. The maximum Gasteiger partial charge on any atom is 0.305 e. The highest BCUT2D eigenvalue weighted by molar-refractivity contribution is 5.68. The van der Waals surface area contributed by atoms with Crippen molar-refractivity contribution in [3.8, 4) is 0 Å². The van der Waals surface area contributed by atoms with Gasteiger partial charge in [0.25, 0.3) is 0 Å². The van der Waals surface area contributed by atoms with Gasteiger partial charge in [0.2, 0.25) is 0 Å². The van der Waals surface area contributed by atoms with E-state index >= 15 is 0 Å². The third kappa shape index (κ3) is 5.08. The molecule has 2 atom stereocenters. The van der Waals surface area contributed by atoms with Crippen LogP contribution in [0.25, 0.3) is 0 Å². The summed E-state index contributed by atoms with van der Waals surface area (Å²) in [6.07, 6.45) is 0.0626. The molecule has 0 radical (unpaired) electrons. The van der Waals surface area contributed by atoms with Gasteiger partial charge >= 0.3 is 5.97 Å². The normalized spacial score (nSPS) is 13.2. The van der Waals surface area contributed by atoms with Gasteiger partial charge < -0.3 is 5.11 Å². The van der Waals surface area contributed by atoms with E-state index in [4.69, 9.17) is 0 Å². The average Bonchev–Trinajstić information content (AvgIpc) is 2.72. The van der Waals surface area contributed by atoms with Gasteiger partial charge in [-0.1, -0.05) is 90.5 Å². The van der Waals surface area contributed by atoms with Crippen LogP contribution in [0.15, 0.2) is 84.9 Å². The van der Waals surface area contributed by atoms with Crippen molar-refractivity contribution in [3.05, 3.63) is 107 Å². The smallest absolute Gasteiger partial charge is 0.305 e. The van der Waals surface area contributed by atoms with E-state index in [2.05, 4.69) is 60.4 Å². The fourth-order valence-electron chi connectivity index (χ4n) is 3.61. The maximum absolute atomic E-state index is 11.7. The Morgan fingerprint density at radius 3 is 2.00 bits per heavy atom. The van der Waals surface area contributed by atoms with Crippen LogP contribution in [0.2, 0.25) is 0 Å². The number of hydrogen-bond acceptors (Lipinski definition) is 2. The number of hydrogen-bond donors (Lipinski definition) is 1. The van der Waals surface area contributed by atoms with E-state index < -0.39 is 5.97 Å². The van der Waals surface area contributed by atoms with E-state index in [0.717, 1.165) is 5.56 Å². The molecule has 0 bridgehead atoms. The topological polar surface area (TPSA) is 40.5 Å². The lowest BCUT2D eigenvalue weighted by atomic mass is 9.96. The molecule has 0 amide bonds. The molecule has 0 spiro atoms. The number of aliphatic carboxylic acids is 1. The first-order valence-electron chi connectivity index (χ1n) is 9.67. The Bertz CT molecular complexity index is 875. The molecule has 3 heteroatoms. The molecule has 3 nitrogen and oxygen atoms in total. The van der Waals surface area contributed by atoms with Crippen LogP contribution in [0.4, 0.5) is 0 Å². The van der Waals surface area contributed by atoms with Crippen molar-refractivity contribution in [2.45, 2.75) is 38.9 Å². The molecule has 0 unspecified atom stereocenters. The second-order valence-corrected chi connectivity index (χ2v) is 7.27. The Hall–Kier alpha value is -2.91. The molecule has 0 heterocycles. The van der Waals surface area contributed by atoms with Crippen LogP contribution in [0, 0.1) is 6.92 Å². The summed E-state index contributed by atoms with van der Waals surface area (Å²) < 4.78 is 0. The molecule has 3 aromatic rings. The summed E-state index contributed by atoms with van der Waals surface area (Å²) in [4.78, 5) is 14.0. The molecule has 0 aromatic heterocycles. The zero-order valence-electron chi connectivity index (χ0n) is 16.5. The number of carbonyl (C=O) groups is 1. The van der Waals surface area contributed by atoms with Crippen LogP contribution in [-0.2, 0) is 11.3 Å². The van der Waals surface area contributed by atoms with Gasteiger partial charge in [-0.25, -0.2) is 0 Å². The van der Waals surface area contributed by atoms with Crippen LogP contribution < -0.4 is 0 Å². The molecule has 144 valence electrons. The maximum atomic E-state index is 11.7. The number of carboxylic acids is 1. The van der Waals surface area contributed by atoms with Gasteiger partial charge in [0, 0.05) is 18.6 Å².